The van der Waals surface area contributed by atoms with Crippen LogP contribution in [0.4, 0.5) is 0 Å². The van der Waals surface area contributed by atoms with Crippen LogP contribution in [0, 0.1) is 0 Å². The topological polar surface area (TPSA) is 17.1 Å². The Hall–Kier alpha value is -2.15. The van der Waals surface area contributed by atoms with E-state index in [-0.39, 0.29) is 0 Å². The van der Waals surface area contributed by atoms with E-state index < -0.39 is 0 Å². The second-order valence-corrected chi connectivity index (χ2v) is 4.96. The van der Waals surface area contributed by atoms with Gasteiger partial charge in [0.25, 0.3) is 0 Å². The van der Waals surface area contributed by atoms with Crippen LogP contribution in [0.25, 0.3) is 21.5 Å². The summed E-state index contributed by atoms with van der Waals surface area (Å²) in [4.78, 5) is 11.1. The van der Waals surface area contributed by atoms with Crippen molar-refractivity contribution in [2.24, 2.45) is 0 Å². The fourth-order valence-electron chi connectivity index (χ4n) is 2.99. The summed E-state index contributed by atoms with van der Waals surface area (Å²) in [6.07, 6.45) is 3.14. The van der Waals surface area contributed by atoms with Crippen LogP contribution in [-0.2, 0) is 12.8 Å². The largest absolute Gasteiger partial charge is 0.298 e. The maximum Gasteiger partial charge on any atom is 0.150 e. The number of aryl methyl sites for hydroxylation is 1. The summed E-state index contributed by atoms with van der Waals surface area (Å²) >= 11 is 0. The van der Waals surface area contributed by atoms with Gasteiger partial charge in [0.2, 0.25) is 0 Å². The molecule has 0 saturated carbocycles. The molecular weight excluding hydrogens is 220 g/mol. The summed E-state index contributed by atoms with van der Waals surface area (Å²) in [5, 5.41) is 5.02. The van der Waals surface area contributed by atoms with Crippen LogP contribution in [0.15, 0.2) is 42.5 Å². The van der Waals surface area contributed by atoms with Gasteiger partial charge in [0.1, 0.15) is 6.29 Å². The number of fused-ring (bicyclic) bond motifs is 4. The second-order valence-electron chi connectivity index (χ2n) is 4.96. The fourth-order valence-corrected chi connectivity index (χ4v) is 2.99. The Kier molecular flexibility index (Phi) is 1.87. The zero-order chi connectivity index (χ0) is 12.1. The van der Waals surface area contributed by atoms with Crippen LogP contribution >= 0.6 is 0 Å². The maximum atomic E-state index is 11.1. The minimum absolute atomic E-state index is 0.874. The number of hydrogen-bond acceptors (Lipinski definition) is 1. The maximum absolute atomic E-state index is 11.1. The molecule has 0 fully saturated rings. The molecule has 4 rings (SSSR count). The standard InChI is InChI=1S/C17H12O/c18-10-14-8-13-7-11-3-1-2-4-12(11)9-17(13)16-6-5-15(14)16/h1-4,7-10H,5-6H2. The molecule has 0 saturated heterocycles. The van der Waals surface area contributed by atoms with Gasteiger partial charge in [-0.2, -0.15) is 0 Å². The lowest BCUT2D eigenvalue weighted by molar-refractivity contribution is 0.112. The molecule has 3 aromatic rings. The number of carbonyl (C=O) groups excluding carboxylic acids is 1. The number of benzene rings is 3. The van der Waals surface area contributed by atoms with E-state index in [1.54, 1.807) is 0 Å². The molecule has 18 heavy (non-hydrogen) atoms. The van der Waals surface area contributed by atoms with Gasteiger partial charge in [0.15, 0.2) is 0 Å². The average Bonchev–Trinajstić information content (AvgIpc) is 2.36. The predicted octanol–water partition coefficient (Wildman–Crippen LogP) is 3.90. The summed E-state index contributed by atoms with van der Waals surface area (Å²) in [7, 11) is 0. The predicted molar refractivity (Wildman–Crippen MR) is 74.2 cm³/mol. The van der Waals surface area contributed by atoms with Crippen LogP contribution in [-0.4, -0.2) is 6.29 Å². The lowest BCUT2D eigenvalue weighted by Gasteiger charge is -2.23. The molecule has 0 atom stereocenters. The van der Waals surface area contributed by atoms with E-state index in [1.165, 1.54) is 32.7 Å². The molecular formula is C17H12O. The Morgan fingerprint density at radius 2 is 1.56 bits per heavy atom. The first-order valence-electron chi connectivity index (χ1n) is 6.29. The van der Waals surface area contributed by atoms with Crippen molar-refractivity contribution in [3.05, 3.63) is 59.2 Å². The van der Waals surface area contributed by atoms with Crippen molar-refractivity contribution in [1.29, 1.82) is 0 Å². The molecule has 3 aromatic carbocycles. The van der Waals surface area contributed by atoms with Crippen molar-refractivity contribution in [2.45, 2.75) is 12.8 Å². The summed E-state index contributed by atoms with van der Waals surface area (Å²) < 4.78 is 0. The third-order valence-corrected chi connectivity index (χ3v) is 4.02. The van der Waals surface area contributed by atoms with Crippen LogP contribution in [0.5, 0.6) is 0 Å². The molecule has 0 aromatic heterocycles. The van der Waals surface area contributed by atoms with E-state index in [9.17, 15) is 4.79 Å². The Morgan fingerprint density at radius 1 is 0.833 bits per heavy atom. The monoisotopic (exact) mass is 232 g/mol. The highest BCUT2D eigenvalue weighted by Gasteiger charge is 2.20. The van der Waals surface area contributed by atoms with E-state index in [1.807, 2.05) is 6.07 Å². The Morgan fingerprint density at radius 3 is 2.22 bits per heavy atom. The number of hydrogen-bond donors (Lipinski definition) is 0. The SMILES string of the molecule is O=Cc1cc2cc3ccccc3cc2c2c1CC2. The van der Waals surface area contributed by atoms with Crippen LogP contribution in [0.1, 0.15) is 21.5 Å². The Balaban J connectivity index is 2.19. The van der Waals surface area contributed by atoms with Crippen LogP contribution < -0.4 is 0 Å². The summed E-state index contributed by atoms with van der Waals surface area (Å²) in [6, 6.07) is 14.9. The highest BCUT2D eigenvalue weighted by molar-refractivity contribution is 6.03. The molecule has 0 unspecified atom stereocenters. The zero-order valence-corrected chi connectivity index (χ0v) is 9.94. The lowest BCUT2D eigenvalue weighted by Crippen LogP contribution is -2.12. The van der Waals surface area contributed by atoms with Gasteiger partial charge in [-0.05, 0) is 63.7 Å². The van der Waals surface area contributed by atoms with E-state index in [2.05, 4.69) is 36.4 Å². The van der Waals surface area contributed by atoms with Crippen LogP contribution in [0.3, 0.4) is 0 Å². The second kappa shape index (κ2) is 3.42. The first kappa shape index (κ1) is 9.84. The zero-order valence-electron chi connectivity index (χ0n) is 9.94. The van der Waals surface area contributed by atoms with Gasteiger partial charge in [0.05, 0.1) is 0 Å². The number of rotatable bonds is 1. The van der Waals surface area contributed by atoms with Crippen molar-refractivity contribution in [3.63, 3.8) is 0 Å². The first-order chi connectivity index (χ1) is 8.86. The molecule has 0 heterocycles. The fraction of sp³-hybridized carbons (Fsp3) is 0.118. The molecule has 1 aliphatic rings. The lowest BCUT2D eigenvalue weighted by atomic mass is 9.80. The van der Waals surface area contributed by atoms with Gasteiger partial charge < -0.3 is 0 Å². The van der Waals surface area contributed by atoms with Gasteiger partial charge in [-0.15, -0.1) is 0 Å². The molecule has 0 radical (unpaired) electrons. The third-order valence-electron chi connectivity index (χ3n) is 4.02. The van der Waals surface area contributed by atoms with E-state index in [4.69, 9.17) is 0 Å². The molecule has 1 nitrogen and oxygen atoms in total. The van der Waals surface area contributed by atoms with E-state index in [0.29, 0.717) is 0 Å². The Bertz CT molecular complexity index is 799. The van der Waals surface area contributed by atoms with Crippen molar-refractivity contribution in [2.75, 3.05) is 0 Å². The molecule has 0 spiro atoms. The first-order valence-corrected chi connectivity index (χ1v) is 6.29. The highest BCUT2D eigenvalue weighted by Crippen LogP contribution is 2.35. The molecule has 0 N–H and O–H groups in total. The van der Waals surface area contributed by atoms with Crippen molar-refractivity contribution < 1.29 is 4.79 Å². The number of aldehydes is 1. The average molecular weight is 232 g/mol. The van der Waals surface area contributed by atoms with Gasteiger partial charge in [-0.3, -0.25) is 4.79 Å². The smallest absolute Gasteiger partial charge is 0.150 e. The molecule has 0 amide bonds. The molecule has 1 aliphatic carbocycles. The van der Waals surface area contributed by atoms with Crippen LogP contribution in [0.2, 0.25) is 0 Å². The normalized spacial score (nSPS) is 13.3. The minimum Gasteiger partial charge on any atom is -0.298 e. The number of carbonyl (C=O) groups is 1. The van der Waals surface area contributed by atoms with Gasteiger partial charge in [-0.1, -0.05) is 24.3 Å². The summed E-state index contributed by atoms with van der Waals surface area (Å²) in [6.45, 7) is 0. The van der Waals surface area contributed by atoms with Crippen molar-refractivity contribution in [1.82, 2.24) is 0 Å². The Labute approximate surface area is 105 Å². The minimum atomic E-state index is 0.874. The molecule has 0 bridgehead atoms. The van der Waals surface area contributed by atoms with Gasteiger partial charge in [0, 0.05) is 5.56 Å². The van der Waals surface area contributed by atoms with Crippen molar-refractivity contribution in [3.8, 4) is 0 Å². The summed E-state index contributed by atoms with van der Waals surface area (Å²) in [5.74, 6) is 0. The molecule has 0 aliphatic heterocycles. The van der Waals surface area contributed by atoms with Gasteiger partial charge >= 0.3 is 0 Å². The summed E-state index contributed by atoms with van der Waals surface area (Å²) in [5.41, 5.74) is 3.51. The third kappa shape index (κ3) is 1.19. The van der Waals surface area contributed by atoms with E-state index >= 15 is 0 Å². The quantitative estimate of drug-likeness (QED) is 0.459. The van der Waals surface area contributed by atoms with E-state index in [0.717, 1.165) is 24.7 Å². The molecule has 1 heteroatoms. The highest BCUT2D eigenvalue weighted by atomic mass is 16.1. The van der Waals surface area contributed by atoms with Gasteiger partial charge in [-0.25, -0.2) is 0 Å². The molecule has 86 valence electrons. The van der Waals surface area contributed by atoms with Crippen molar-refractivity contribution >= 4 is 27.8 Å².